The molecular weight excluding hydrogens is 170 g/mol. The lowest BCUT2D eigenvalue weighted by Gasteiger charge is -2.24. The average Bonchev–Trinajstić information content (AvgIpc) is 2.06. The Kier molecular flexibility index (Phi) is 2.77. The van der Waals surface area contributed by atoms with Gasteiger partial charge in [-0.05, 0) is 13.8 Å². The number of rotatable bonds is 2. The van der Waals surface area contributed by atoms with Gasteiger partial charge < -0.3 is 4.55 Å². The standard InChI is InChI=1S/C9H13NOS/c1-9(2,12(10)11)8-6-4-3-5-7-8/h3-7H,10H2,1-2H3/t12-/m1/s1. The molecule has 0 aromatic heterocycles. The van der Waals surface area contributed by atoms with Crippen LogP contribution < -0.4 is 5.14 Å². The number of hydrogen-bond acceptors (Lipinski definition) is 2. The lowest BCUT2D eigenvalue weighted by atomic mass is 10.0. The Labute approximate surface area is 76.1 Å². The molecule has 0 unspecified atom stereocenters. The van der Waals surface area contributed by atoms with E-state index in [0.717, 1.165) is 5.56 Å². The minimum atomic E-state index is -1.33. The highest BCUT2D eigenvalue weighted by Gasteiger charge is 2.31. The molecule has 0 saturated carbocycles. The number of hydrogen-bond donors (Lipinski definition) is 1. The topological polar surface area (TPSA) is 49.1 Å². The van der Waals surface area contributed by atoms with Gasteiger partial charge in [0.1, 0.15) is 0 Å². The first-order valence-electron chi connectivity index (χ1n) is 3.77. The summed E-state index contributed by atoms with van der Waals surface area (Å²) in [4.78, 5) is 0. The van der Waals surface area contributed by atoms with Crippen molar-refractivity contribution >= 4 is 11.4 Å². The maximum Gasteiger partial charge on any atom is 0.164 e. The minimum Gasteiger partial charge on any atom is -0.598 e. The van der Waals surface area contributed by atoms with Gasteiger partial charge in [-0.1, -0.05) is 30.3 Å². The predicted molar refractivity (Wildman–Crippen MR) is 51.8 cm³/mol. The lowest BCUT2D eigenvalue weighted by molar-refractivity contribution is 0.556. The van der Waals surface area contributed by atoms with E-state index in [-0.39, 0.29) is 0 Å². The summed E-state index contributed by atoms with van der Waals surface area (Å²) in [7, 11) is 0. The van der Waals surface area contributed by atoms with Crippen LogP contribution in [0.4, 0.5) is 0 Å². The molecule has 1 aromatic rings. The largest absolute Gasteiger partial charge is 0.598 e. The molecule has 0 fully saturated rings. The summed E-state index contributed by atoms with van der Waals surface area (Å²) in [5.41, 5.74) is 1.01. The second kappa shape index (κ2) is 3.47. The molecule has 0 aliphatic rings. The molecule has 0 saturated heterocycles. The lowest BCUT2D eigenvalue weighted by Crippen LogP contribution is -2.35. The molecule has 1 aromatic carbocycles. The van der Waals surface area contributed by atoms with Crippen molar-refractivity contribution in [2.24, 2.45) is 5.14 Å². The molecule has 0 amide bonds. The van der Waals surface area contributed by atoms with Crippen LogP contribution >= 0.6 is 0 Å². The van der Waals surface area contributed by atoms with Gasteiger partial charge in [0.2, 0.25) is 0 Å². The molecule has 1 atom stereocenters. The molecule has 66 valence electrons. The summed E-state index contributed by atoms with van der Waals surface area (Å²) in [6.45, 7) is 3.75. The van der Waals surface area contributed by atoms with Gasteiger partial charge in [-0.2, -0.15) is 5.14 Å². The molecular formula is C9H13NOS. The fourth-order valence-corrected chi connectivity index (χ4v) is 1.32. The van der Waals surface area contributed by atoms with Gasteiger partial charge in [-0.3, -0.25) is 0 Å². The zero-order valence-corrected chi connectivity index (χ0v) is 8.10. The molecule has 2 nitrogen and oxygen atoms in total. The smallest absolute Gasteiger partial charge is 0.164 e. The Balaban J connectivity index is 2.98. The first kappa shape index (κ1) is 9.58. The molecule has 3 heteroatoms. The molecule has 12 heavy (non-hydrogen) atoms. The molecule has 0 heterocycles. The van der Waals surface area contributed by atoms with E-state index < -0.39 is 16.1 Å². The van der Waals surface area contributed by atoms with Crippen molar-refractivity contribution < 1.29 is 4.55 Å². The molecule has 0 spiro atoms. The first-order chi connectivity index (χ1) is 5.55. The van der Waals surface area contributed by atoms with Gasteiger partial charge >= 0.3 is 0 Å². The van der Waals surface area contributed by atoms with Crippen molar-refractivity contribution in [2.75, 3.05) is 0 Å². The summed E-state index contributed by atoms with van der Waals surface area (Å²) in [5.74, 6) is 0. The zero-order chi connectivity index (χ0) is 9.19. The van der Waals surface area contributed by atoms with Crippen LogP contribution in [-0.2, 0) is 16.1 Å². The van der Waals surface area contributed by atoms with Crippen molar-refractivity contribution in [3.05, 3.63) is 35.9 Å². The van der Waals surface area contributed by atoms with E-state index in [0.29, 0.717) is 0 Å². The first-order valence-corrected chi connectivity index (χ1v) is 4.98. The van der Waals surface area contributed by atoms with Crippen LogP contribution in [0.3, 0.4) is 0 Å². The number of benzene rings is 1. The van der Waals surface area contributed by atoms with Crippen LogP contribution in [0.5, 0.6) is 0 Å². The van der Waals surface area contributed by atoms with Gasteiger partial charge in [-0.15, -0.1) is 0 Å². The number of nitrogens with two attached hydrogens (primary N) is 1. The third-order valence-electron chi connectivity index (χ3n) is 1.97. The van der Waals surface area contributed by atoms with E-state index in [1.807, 2.05) is 44.2 Å². The van der Waals surface area contributed by atoms with Crippen molar-refractivity contribution in [3.63, 3.8) is 0 Å². The fraction of sp³-hybridized carbons (Fsp3) is 0.333. The Hall–Kier alpha value is -0.510. The van der Waals surface area contributed by atoms with Gasteiger partial charge in [0.15, 0.2) is 4.75 Å². The quantitative estimate of drug-likeness (QED) is 0.707. The van der Waals surface area contributed by atoms with Crippen LogP contribution in [0.15, 0.2) is 30.3 Å². The summed E-state index contributed by atoms with van der Waals surface area (Å²) >= 11 is -1.33. The van der Waals surface area contributed by atoms with Crippen LogP contribution in [0, 0.1) is 0 Å². The van der Waals surface area contributed by atoms with Crippen LogP contribution in [0.1, 0.15) is 19.4 Å². The monoisotopic (exact) mass is 183 g/mol. The SMILES string of the molecule is CC(C)(c1ccccc1)[S@+](N)[O-]. The van der Waals surface area contributed by atoms with E-state index >= 15 is 0 Å². The minimum absolute atomic E-state index is 0.457. The Morgan fingerprint density at radius 1 is 1.25 bits per heavy atom. The molecule has 1 rings (SSSR count). The van der Waals surface area contributed by atoms with E-state index in [9.17, 15) is 4.55 Å². The van der Waals surface area contributed by atoms with Crippen molar-refractivity contribution in [1.29, 1.82) is 0 Å². The molecule has 0 aliphatic carbocycles. The normalized spacial score (nSPS) is 14.3. The second-order valence-corrected chi connectivity index (χ2v) is 4.79. The molecule has 0 aliphatic heterocycles. The van der Waals surface area contributed by atoms with E-state index in [1.54, 1.807) is 0 Å². The van der Waals surface area contributed by atoms with Gasteiger partial charge in [-0.25, -0.2) is 0 Å². The maximum absolute atomic E-state index is 11.2. The van der Waals surface area contributed by atoms with Crippen LogP contribution in [-0.4, -0.2) is 4.55 Å². The Morgan fingerprint density at radius 3 is 2.17 bits per heavy atom. The maximum atomic E-state index is 11.2. The van der Waals surface area contributed by atoms with E-state index in [1.165, 1.54) is 0 Å². The summed E-state index contributed by atoms with van der Waals surface area (Å²) < 4.78 is 10.7. The van der Waals surface area contributed by atoms with E-state index in [2.05, 4.69) is 0 Å². The van der Waals surface area contributed by atoms with Crippen LogP contribution in [0.2, 0.25) is 0 Å². The van der Waals surface area contributed by atoms with Gasteiger partial charge in [0.05, 0.1) is 0 Å². The summed E-state index contributed by atoms with van der Waals surface area (Å²) in [5, 5.41) is 5.37. The fourth-order valence-electron chi connectivity index (χ4n) is 0.956. The highest BCUT2D eigenvalue weighted by atomic mass is 32.2. The van der Waals surface area contributed by atoms with E-state index in [4.69, 9.17) is 5.14 Å². The van der Waals surface area contributed by atoms with Crippen molar-refractivity contribution in [1.82, 2.24) is 0 Å². The highest BCUT2D eigenvalue weighted by molar-refractivity contribution is 7.90. The third-order valence-corrected chi connectivity index (χ3v) is 3.21. The molecule has 0 radical (unpaired) electrons. The van der Waals surface area contributed by atoms with Crippen LogP contribution in [0.25, 0.3) is 0 Å². The summed E-state index contributed by atoms with van der Waals surface area (Å²) in [6, 6.07) is 9.64. The zero-order valence-electron chi connectivity index (χ0n) is 7.28. The summed E-state index contributed by atoms with van der Waals surface area (Å²) in [6.07, 6.45) is 0. The van der Waals surface area contributed by atoms with Gasteiger partial charge in [0, 0.05) is 16.9 Å². The third kappa shape index (κ3) is 1.80. The van der Waals surface area contributed by atoms with Crippen molar-refractivity contribution in [2.45, 2.75) is 18.6 Å². The van der Waals surface area contributed by atoms with Crippen molar-refractivity contribution in [3.8, 4) is 0 Å². The van der Waals surface area contributed by atoms with Gasteiger partial charge in [0.25, 0.3) is 0 Å². The highest BCUT2D eigenvalue weighted by Crippen LogP contribution is 2.26. The Bertz CT molecular complexity index is 246. The second-order valence-electron chi connectivity index (χ2n) is 3.17. The Morgan fingerprint density at radius 2 is 1.75 bits per heavy atom. The molecule has 0 bridgehead atoms. The molecule has 2 N–H and O–H groups in total. The predicted octanol–water partition coefficient (Wildman–Crippen LogP) is 1.54. The average molecular weight is 183 g/mol.